The molecule has 1 aromatic carbocycles. The lowest BCUT2D eigenvalue weighted by Crippen LogP contribution is -2.22. The van der Waals surface area contributed by atoms with Crippen molar-refractivity contribution in [3.8, 4) is 11.8 Å². The van der Waals surface area contributed by atoms with E-state index in [1.165, 1.54) is 6.07 Å². The molecule has 0 N–H and O–H groups in total. The molecular formula is C24H28N2O2. The third kappa shape index (κ3) is 6.44. The zero-order chi connectivity index (χ0) is 20.9. The molecule has 4 nitrogen and oxygen atoms in total. The van der Waals surface area contributed by atoms with Gasteiger partial charge in [-0.1, -0.05) is 62.9 Å². The van der Waals surface area contributed by atoms with E-state index in [1.54, 1.807) is 16.7 Å². The quantitative estimate of drug-likeness (QED) is 0.614. The van der Waals surface area contributed by atoms with E-state index < -0.39 is 0 Å². The van der Waals surface area contributed by atoms with Crippen LogP contribution in [0.2, 0.25) is 0 Å². The molecule has 4 heteroatoms. The zero-order valence-corrected chi connectivity index (χ0v) is 17.1. The maximum atomic E-state index is 12.5. The minimum Gasteiger partial charge on any atom is -0.489 e. The monoisotopic (exact) mass is 376 g/mol. The van der Waals surface area contributed by atoms with Crippen molar-refractivity contribution < 1.29 is 4.74 Å². The molecule has 0 fully saturated rings. The van der Waals surface area contributed by atoms with Crippen molar-refractivity contribution in [2.24, 2.45) is 0 Å². The first kappa shape index (κ1) is 22.7. The summed E-state index contributed by atoms with van der Waals surface area (Å²) in [6.45, 7) is 12.2. The van der Waals surface area contributed by atoms with Gasteiger partial charge in [-0.3, -0.25) is 4.79 Å². The van der Waals surface area contributed by atoms with Gasteiger partial charge in [-0.05, 0) is 31.6 Å². The van der Waals surface area contributed by atoms with E-state index in [0.29, 0.717) is 17.9 Å². The van der Waals surface area contributed by atoms with Crippen molar-refractivity contribution >= 4 is 0 Å². The Morgan fingerprint density at radius 2 is 2.00 bits per heavy atom. The maximum absolute atomic E-state index is 12.5. The second kappa shape index (κ2) is 12.1. The third-order valence-electron chi connectivity index (χ3n) is 3.89. The van der Waals surface area contributed by atoms with Crippen LogP contribution in [0.5, 0.6) is 5.75 Å². The van der Waals surface area contributed by atoms with Gasteiger partial charge >= 0.3 is 0 Å². The number of hydrogen-bond donors (Lipinski definition) is 0. The number of aromatic nitrogens is 1. The summed E-state index contributed by atoms with van der Waals surface area (Å²) in [5.41, 5.74) is 3.03. The first-order valence-electron chi connectivity index (χ1n) is 9.35. The normalized spacial score (nSPS) is 10.8. The molecule has 0 aliphatic rings. The van der Waals surface area contributed by atoms with Crippen LogP contribution in [0.15, 0.2) is 77.6 Å². The minimum absolute atomic E-state index is 0.131. The van der Waals surface area contributed by atoms with Crippen molar-refractivity contribution in [3.05, 3.63) is 100 Å². The van der Waals surface area contributed by atoms with Crippen LogP contribution >= 0.6 is 0 Å². The van der Waals surface area contributed by atoms with Gasteiger partial charge in [-0.2, -0.15) is 5.26 Å². The molecule has 0 aliphatic carbocycles. The van der Waals surface area contributed by atoms with Crippen LogP contribution < -0.4 is 10.3 Å². The fraction of sp³-hybridized carbons (Fsp3) is 0.250. The maximum Gasteiger partial charge on any atom is 0.254 e. The summed E-state index contributed by atoms with van der Waals surface area (Å²) in [7, 11) is 0. The molecule has 0 unspecified atom stereocenters. The highest BCUT2D eigenvalue weighted by Gasteiger charge is 2.07. The molecule has 2 rings (SSSR count). The number of aryl methyl sites for hydroxylation is 1. The smallest absolute Gasteiger partial charge is 0.254 e. The lowest BCUT2D eigenvalue weighted by atomic mass is 10.1. The molecule has 0 saturated heterocycles. The summed E-state index contributed by atoms with van der Waals surface area (Å²) in [5.74, 6) is 0.497. The Hall–Kier alpha value is -3.32. The van der Waals surface area contributed by atoms with E-state index in [-0.39, 0.29) is 12.2 Å². The van der Waals surface area contributed by atoms with Gasteiger partial charge in [0.05, 0.1) is 18.2 Å². The van der Waals surface area contributed by atoms with Gasteiger partial charge in [0.2, 0.25) is 0 Å². The van der Waals surface area contributed by atoms with Crippen molar-refractivity contribution in [1.82, 2.24) is 4.57 Å². The lowest BCUT2D eigenvalue weighted by Gasteiger charge is -2.13. The molecule has 0 spiro atoms. The molecule has 146 valence electrons. The molecule has 0 bridgehead atoms. The minimum atomic E-state index is -0.131. The summed E-state index contributed by atoms with van der Waals surface area (Å²) in [6.07, 6.45) is 7.48. The van der Waals surface area contributed by atoms with Gasteiger partial charge in [-0.15, -0.1) is 0 Å². The Morgan fingerprint density at radius 1 is 1.29 bits per heavy atom. The summed E-state index contributed by atoms with van der Waals surface area (Å²) in [4.78, 5) is 12.5. The van der Waals surface area contributed by atoms with E-state index in [0.717, 1.165) is 16.8 Å². The molecule has 1 aromatic heterocycles. The number of allylic oxidation sites excluding steroid dienone is 5. The molecule has 0 aliphatic heterocycles. The molecular weight excluding hydrogens is 348 g/mol. The van der Waals surface area contributed by atoms with Crippen LogP contribution in [-0.4, -0.2) is 4.57 Å². The first-order chi connectivity index (χ1) is 13.6. The highest BCUT2D eigenvalue weighted by molar-refractivity contribution is 5.37. The predicted molar refractivity (Wildman–Crippen MR) is 115 cm³/mol. The molecule has 0 saturated carbocycles. The van der Waals surface area contributed by atoms with E-state index in [2.05, 4.69) is 12.6 Å². The topological polar surface area (TPSA) is 55.0 Å². The summed E-state index contributed by atoms with van der Waals surface area (Å²) >= 11 is 0. The van der Waals surface area contributed by atoms with Crippen LogP contribution in [-0.2, 0) is 13.2 Å². The zero-order valence-electron chi connectivity index (χ0n) is 17.1. The van der Waals surface area contributed by atoms with Crippen LogP contribution in [0.4, 0.5) is 0 Å². The van der Waals surface area contributed by atoms with Crippen LogP contribution in [0.25, 0.3) is 0 Å². The Labute approximate surface area is 167 Å². The average molecular weight is 377 g/mol. The van der Waals surface area contributed by atoms with Gasteiger partial charge in [0, 0.05) is 17.3 Å². The number of ether oxygens (including phenoxy) is 1. The molecule has 28 heavy (non-hydrogen) atoms. The highest BCUT2D eigenvalue weighted by atomic mass is 16.5. The van der Waals surface area contributed by atoms with Crippen LogP contribution in [0.1, 0.15) is 37.6 Å². The standard InChI is InChI=1S/C22H22N2O2.C2H6/c1-4-8-18(9-5-2)15-24-17(3)12-21(13-22(24)25)26-16-20-11-7-6-10-19(20)14-23;1-2/h4-13H,1,15-16H2,2-3H3;1-2H3/b9-5-,18-8+;. The van der Waals surface area contributed by atoms with Gasteiger partial charge in [0.25, 0.3) is 5.56 Å². The van der Waals surface area contributed by atoms with Gasteiger partial charge in [-0.25, -0.2) is 0 Å². The molecule has 2 aromatic rings. The molecule has 0 radical (unpaired) electrons. The Balaban J connectivity index is 0.00000190. The Morgan fingerprint density at radius 3 is 2.61 bits per heavy atom. The molecule has 1 heterocycles. The largest absolute Gasteiger partial charge is 0.489 e. The SMILES string of the molecule is C=C/C=C(\C=C/C)Cn1c(C)cc(OCc2ccccc2C#N)cc1=O.CC. The number of pyridine rings is 1. The van der Waals surface area contributed by atoms with E-state index in [4.69, 9.17) is 10.00 Å². The van der Waals surface area contributed by atoms with Crippen LogP contribution in [0, 0.1) is 18.3 Å². The fourth-order valence-electron chi connectivity index (χ4n) is 2.61. The Kier molecular flexibility index (Phi) is 9.85. The number of hydrogen-bond acceptors (Lipinski definition) is 3. The van der Waals surface area contributed by atoms with Gasteiger partial charge in [0.1, 0.15) is 12.4 Å². The van der Waals surface area contributed by atoms with Crippen molar-refractivity contribution in [2.75, 3.05) is 0 Å². The highest BCUT2D eigenvalue weighted by Crippen LogP contribution is 2.15. The number of nitrogens with zero attached hydrogens (tertiary/aromatic N) is 2. The number of benzene rings is 1. The summed E-state index contributed by atoms with van der Waals surface area (Å²) < 4.78 is 7.43. The van der Waals surface area contributed by atoms with E-state index >= 15 is 0 Å². The first-order valence-corrected chi connectivity index (χ1v) is 9.35. The van der Waals surface area contributed by atoms with E-state index in [9.17, 15) is 4.79 Å². The van der Waals surface area contributed by atoms with Crippen LogP contribution in [0.3, 0.4) is 0 Å². The number of rotatable bonds is 7. The fourth-order valence-corrected chi connectivity index (χ4v) is 2.61. The predicted octanol–water partition coefficient (Wildman–Crippen LogP) is 5.32. The average Bonchev–Trinajstić information content (AvgIpc) is 2.71. The lowest BCUT2D eigenvalue weighted by molar-refractivity contribution is 0.304. The molecule has 0 atom stereocenters. The van der Waals surface area contributed by atoms with Gasteiger partial charge in [0.15, 0.2) is 0 Å². The second-order valence-corrected chi connectivity index (χ2v) is 5.79. The van der Waals surface area contributed by atoms with Crippen molar-refractivity contribution in [3.63, 3.8) is 0 Å². The molecule has 0 amide bonds. The van der Waals surface area contributed by atoms with E-state index in [1.807, 2.05) is 70.2 Å². The second-order valence-electron chi connectivity index (χ2n) is 5.79. The van der Waals surface area contributed by atoms with Crippen molar-refractivity contribution in [2.45, 2.75) is 40.8 Å². The van der Waals surface area contributed by atoms with Crippen molar-refractivity contribution in [1.29, 1.82) is 5.26 Å². The summed E-state index contributed by atoms with van der Waals surface area (Å²) in [6, 6.07) is 12.7. The van der Waals surface area contributed by atoms with Gasteiger partial charge < -0.3 is 9.30 Å². The third-order valence-corrected chi connectivity index (χ3v) is 3.89. The summed E-state index contributed by atoms with van der Waals surface area (Å²) in [5, 5.41) is 9.13. The number of nitriles is 1. The Bertz CT molecular complexity index is 944.